The van der Waals surface area contributed by atoms with Crippen LogP contribution in [0.3, 0.4) is 0 Å². The summed E-state index contributed by atoms with van der Waals surface area (Å²) in [4.78, 5) is 40.5. The smallest absolute Gasteiger partial charge is 0.274 e. The summed E-state index contributed by atoms with van der Waals surface area (Å²) in [6, 6.07) is 7.66. The van der Waals surface area contributed by atoms with Crippen LogP contribution in [0.15, 0.2) is 41.5 Å². The molecule has 0 aliphatic carbocycles. The largest absolute Gasteiger partial charge is 0.381 e. The first-order valence-corrected chi connectivity index (χ1v) is 12.0. The lowest BCUT2D eigenvalue weighted by Crippen LogP contribution is -2.36. The molecule has 0 bridgehead atoms. The summed E-state index contributed by atoms with van der Waals surface area (Å²) >= 11 is 0. The second kappa shape index (κ2) is 8.90. The molecule has 0 unspecified atom stereocenters. The minimum absolute atomic E-state index is 0.0790. The van der Waals surface area contributed by atoms with Crippen molar-refractivity contribution in [2.45, 2.75) is 38.3 Å². The summed E-state index contributed by atoms with van der Waals surface area (Å²) < 4.78 is 13.0. The van der Waals surface area contributed by atoms with Crippen LogP contribution in [0.4, 0.5) is 0 Å². The van der Waals surface area contributed by atoms with Crippen molar-refractivity contribution in [1.82, 2.24) is 24.3 Å². The van der Waals surface area contributed by atoms with E-state index in [0.29, 0.717) is 42.9 Å². The fourth-order valence-electron chi connectivity index (χ4n) is 5.31. The predicted molar refractivity (Wildman–Crippen MR) is 130 cm³/mol. The van der Waals surface area contributed by atoms with Crippen LogP contribution in [0.1, 0.15) is 51.8 Å². The standard InChI is InChI=1S/C26H27N5O4/c1-34-15-18-11-22-21(12-19(18)26(33)30-8-4-20-17(14-30)3-2-7-27-20)29-25(32)23-13-28-24(31(22)23)16-5-9-35-10-6-16/h2-3,7,11-13,16H,4-6,8-10,14-15H2,1H3,(H,29,32). The number of H-pyrrole nitrogens is 1. The van der Waals surface area contributed by atoms with E-state index in [4.69, 9.17) is 9.47 Å². The molecule has 0 saturated carbocycles. The van der Waals surface area contributed by atoms with Crippen LogP contribution in [0.2, 0.25) is 0 Å². The summed E-state index contributed by atoms with van der Waals surface area (Å²) in [6.07, 6.45) is 5.87. The molecule has 1 fully saturated rings. The summed E-state index contributed by atoms with van der Waals surface area (Å²) in [5.41, 5.74) is 5.12. The number of hydrogen-bond acceptors (Lipinski definition) is 6. The van der Waals surface area contributed by atoms with Crippen LogP contribution in [0, 0.1) is 0 Å². The maximum atomic E-state index is 13.7. The van der Waals surface area contributed by atoms with Gasteiger partial charge in [0.1, 0.15) is 11.3 Å². The van der Waals surface area contributed by atoms with Gasteiger partial charge in [-0.15, -0.1) is 0 Å². The van der Waals surface area contributed by atoms with Crippen LogP contribution in [0.5, 0.6) is 0 Å². The van der Waals surface area contributed by atoms with E-state index in [1.165, 1.54) is 0 Å². The third kappa shape index (κ3) is 3.81. The van der Waals surface area contributed by atoms with E-state index in [0.717, 1.165) is 47.4 Å². The third-order valence-corrected chi connectivity index (χ3v) is 7.10. The molecule has 1 N–H and O–H groups in total. The van der Waals surface area contributed by atoms with Crippen LogP contribution < -0.4 is 5.56 Å². The topological polar surface area (TPSA) is 102 Å². The summed E-state index contributed by atoms with van der Waals surface area (Å²) in [5, 5.41) is 0. The predicted octanol–water partition coefficient (Wildman–Crippen LogP) is 2.81. The van der Waals surface area contributed by atoms with Crippen LogP contribution in [-0.4, -0.2) is 57.0 Å². The number of amides is 1. The van der Waals surface area contributed by atoms with Crippen molar-refractivity contribution < 1.29 is 14.3 Å². The number of nitrogens with one attached hydrogen (secondary N) is 1. The van der Waals surface area contributed by atoms with Gasteiger partial charge in [0, 0.05) is 63.2 Å². The molecule has 0 spiro atoms. The number of carbonyl (C=O) groups excluding carboxylic acids is 1. The highest BCUT2D eigenvalue weighted by atomic mass is 16.5. The molecule has 9 heteroatoms. The second-order valence-corrected chi connectivity index (χ2v) is 9.22. The van der Waals surface area contributed by atoms with E-state index < -0.39 is 0 Å². The number of rotatable bonds is 4. The molecule has 1 aromatic carbocycles. The van der Waals surface area contributed by atoms with Gasteiger partial charge in [0.05, 0.1) is 23.8 Å². The van der Waals surface area contributed by atoms with E-state index in [1.54, 1.807) is 25.6 Å². The van der Waals surface area contributed by atoms with E-state index in [9.17, 15) is 9.59 Å². The van der Waals surface area contributed by atoms with Crippen LogP contribution in [-0.2, 0) is 29.0 Å². The quantitative estimate of drug-likeness (QED) is 0.489. The van der Waals surface area contributed by atoms with Gasteiger partial charge in [-0.3, -0.25) is 19.0 Å². The molecular weight excluding hydrogens is 446 g/mol. The zero-order valence-electron chi connectivity index (χ0n) is 19.6. The Bertz CT molecular complexity index is 1480. The van der Waals surface area contributed by atoms with Gasteiger partial charge >= 0.3 is 0 Å². The van der Waals surface area contributed by atoms with Crippen molar-refractivity contribution in [1.29, 1.82) is 0 Å². The number of benzene rings is 1. The zero-order valence-corrected chi connectivity index (χ0v) is 19.6. The number of aromatic amines is 1. The molecule has 9 nitrogen and oxygen atoms in total. The van der Waals surface area contributed by atoms with Crippen molar-refractivity contribution in [2.75, 3.05) is 26.9 Å². The molecule has 35 heavy (non-hydrogen) atoms. The number of pyridine rings is 1. The number of aromatic nitrogens is 4. The summed E-state index contributed by atoms with van der Waals surface area (Å²) in [7, 11) is 1.62. The molecule has 2 aliphatic rings. The first kappa shape index (κ1) is 21.9. The highest BCUT2D eigenvalue weighted by Gasteiger charge is 2.26. The lowest BCUT2D eigenvalue weighted by Gasteiger charge is -2.29. The fraction of sp³-hybridized carbons (Fsp3) is 0.385. The molecular formula is C26H27N5O4. The van der Waals surface area contributed by atoms with Gasteiger partial charge in [-0.05, 0) is 42.2 Å². The minimum atomic E-state index is -0.223. The first-order valence-electron chi connectivity index (χ1n) is 12.0. The number of imidazole rings is 1. The van der Waals surface area contributed by atoms with Crippen molar-refractivity contribution in [3.63, 3.8) is 0 Å². The Morgan fingerprint density at radius 1 is 1.23 bits per heavy atom. The van der Waals surface area contributed by atoms with E-state index in [-0.39, 0.29) is 24.0 Å². The molecule has 1 amide bonds. The number of ether oxygens (including phenoxy) is 2. The van der Waals surface area contributed by atoms with Gasteiger partial charge < -0.3 is 19.4 Å². The number of methoxy groups -OCH3 is 1. The summed E-state index contributed by atoms with van der Waals surface area (Å²) in [5.74, 6) is 0.997. The van der Waals surface area contributed by atoms with Crippen molar-refractivity contribution in [3.05, 3.63) is 75.2 Å². The molecule has 1 saturated heterocycles. The maximum Gasteiger partial charge on any atom is 0.274 e. The average molecular weight is 474 g/mol. The lowest BCUT2D eigenvalue weighted by atomic mass is 9.99. The first-order chi connectivity index (χ1) is 17.1. The van der Waals surface area contributed by atoms with Crippen LogP contribution >= 0.6 is 0 Å². The molecule has 0 atom stereocenters. The van der Waals surface area contributed by atoms with E-state index in [2.05, 4.69) is 15.0 Å². The molecule has 6 rings (SSSR count). The van der Waals surface area contributed by atoms with Gasteiger partial charge in [0.15, 0.2) is 0 Å². The Morgan fingerprint density at radius 2 is 2.09 bits per heavy atom. The van der Waals surface area contributed by atoms with Gasteiger partial charge in [0.2, 0.25) is 0 Å². The average Bonchev–Trinajstić information content (AvgIpc) is 3.35. The number of fused-ring (bicyclic) bond motifs is 4. The normalized spacial score (nSPS) is 16.7. The third-order valence-electron chi connectivity index (χ3n) is 7.10. The Kier molecular flexibility index (Phi) is 5.58. The van der Waals surface area contributed by atoms with E-state index in [1.807, 2.05) is 27.5 Å². The molecule has 3 aromatic heterocycles. The number of nitrogens with zero attached hydrogens (tertiary/aromatic N) is 4. The van der Waals surface area contributed by atoms with Gasteiger partial charge in [-0.25, -0.2) is 4.98 Å². The van der Waals surface area contributed by atoms with Gasteiger partial charge in [0.25, 0.3) is 11.5 Å². The number of carbonyl (C=O) groups is 1. The van der Waals surface area contributed by atoms with E-state index >= 15 is 0 Å². The Morgan fingerprint density at radius 3 is 2.91 bits per heavy atom. The Labute approximate surface area is 201 Å². The lowest BCUT2D eigenvalue weighted by molar-refractivity contribution is 0.0728. The molecule has 4 aromatic rings. The second-order valence-electron chi connectivity index (χ2n) is 9.22. The highest BCUT2D eigenvalue weighted by Crippen LogP contribution is 2.30. The van der Waals surface area contributed by atoms with Crippen molar-refractivity contribution in [2.24, 2.45) is 0 Å². The maximum absolute atomic E-state index is 13.7. The summed E-state index contributed by atoms with van der Waals surface area (Å²) in [6.45, 7) is 2.76. The highest BCUT2D eigenvalue weighted by molar-refractivity contribution is 5.99. The molecule has 2 aliphatic heterocycles. The molecule has 180 valence electrons. The SMILES string of the molecule is COCc1cc2c(cc1C(=O)N1CCc3ncccc3C1)[nH]c(=O)c1cnc(C3CCOCC3)n12. The minimum Gasteiger partial charge on any atom is -0.381 e. The number of hydrogen-bond donors (Lipinski definition) is 1. The Hall–Kier alpha value is -3.56. The molecule has 5 heterocycles. The van der Waals surface area contributed by atoms with Crippen molar-refractivity contribution >= 4 is 22.5 Å². The monoisotopic (exact) mass is 473 g/mol. The van der Waals surface area contributed by atoms with Crippen molar-refractivity contribution in [3.8, 4) is 0 Å². The Balaban J connectivity index is 1.47. The fourth-order valence-corrected chi connectivity index (χ4v) is 5.31. The van der Waals surface area contributed by atoms with Crippen LogP contribution in [0.25, 0.3) is 16.6 Å². The molecule has 0 radical (unpaired) electrons. The van der Waals surface area contributed by atoms with Gasteiger partial charge in [-0.1, -0.05) is 6.07 Å². The zero-order chi connectivity index (χ0) is 23.9. The van der Waals surface area contributed by atoms with Gasteiger partial charge in [-0.2, -0.15) is 0 Å².